The van der Waals surface area contributed by atoms with Gasteiger partial charge in [-0.05, 0) is 25.0 Å². The molecular formula is C12H20N2O. The van der Waals surface area contributed by atoms with E-state index in [0.29, 0.717) is 12.6 Å². The van der Waals surface area contributed by atoms with E-state index in [1.807, 2.05) is 18.2 Å². The van der Waals surface area contributed by atoms with Crippen LogP contribution in [0.4, 0.5) is 5.82 Å². The molecule has 1 heterocycles. The second-order valence-corrected chi connectivity index (χ2v) is 3.58. The lowest BCUT2D eigenvalue weighted by atomic mass is 10.1. The Morgan fingerprint density at radius 3 is 2.53 bits per heavy atom. The van der Waals surface area contributed by atoms with Crippen LogP contribution in [0.5, 0.6) is 0 Å². The third-order valence-corrected chi connectivity index (χ3v) is 2.67. The first-order chi connectivity index (χ1) is 7.33. The first-order valence-electron chi connectivity index (χ1n) is 5.62. The van der Waals surface area contributed by atoms with Gasteiger partial charge >= 0.3 is 0 Å². The van der Waals surface area contributed by atoms with Gasteiger partial charge in [-0.3, -0.25) is 0 Å². The average Bonchev–Trinajstić information content (AvgIpc) is 2.30. The molecule has 1 N–H and O–H groups in total. The Hall–Kier alpha value is -1.09. The van der Waals surface area contributed by atoms with Crippen LogP contribution in [-0.2, 0) is 0 Å². The highest BCUT2D eigenvalue weighted by molar-refractivity contribution is 5.38. The molecule has 0 bridgehead atoms. The Bertz CT molecular complexity index is 260. The fourth-order valence-corrected chi connectivity index (χ4v) is 1.85. The van der Waals surface area contributed by atoms with Crippen molar-refractivity contribution in [3.8, 4) is 0 Å². The van der Waals surface area contributed by atoms with Crippen LogP contribution in [0, 0.1) is 0 Å². The van der Waals surface area contributed by atoms with E-state index in [4.69, 9.17) is 5.11 Å². The Morgan fingerprint density at radius 2 is 2.07 bits per heavy atom. The number of hydrogen-bond donors (Lipinski definition) is 1. The summed E-state index contributed by atoms with van der Waals surface area (Å²) < 4.78 is 0. The van der Waals surface area contributed by atoms with Gasteiger partial charge in [-0.2, -0.15) is 0 Å². The maximum absolute atomic E-state index is 9.07. The van der Waals surface area contributed by atoms with E-state index in [1.165, 1.54) is 0 Å². The van der Waals surface area contributed by atoms with Crippen molar-refractivity contribution in [1.29, 1.82) is 0 Å². The van der Waals surface area contributed by atoms with Crippen LogP contribution in [0.15, 0.2) is 24.4 Å². The summed E-state index contributed by atoms with van der Waals surface area (Å²) in [7, 11) is 0. The molecule has 0 fully saturated rings. The van der Waals surface area contributed by atoms with Crippen molar-refractivity contribution in [2.45, 2.75) is 32.7 Å². The van der Waals surface area contributed by atoms with Gasteiger partial charge in [-0.1, -0.05) is 19.9 Å². The van der Waals surface area contributed by atoms with Gasteiger partial charge in [0.2, 0.25) is 0 Å². The van der Waals surface area contributed by atoms with Crippen LogP contribution < -0.4 is 4.90 Å². The van der Waals surface area contributed by atoms with Crippen molar-refractivity contribution < 1.29 is 5.11 Å². The van der Waals surface area contributed by atoms with E-state index < -0.39 is 0 Å². The zero-order valence-electron chi connectivity index (χ0n) is 9.56. The van der Waals surface area contributed by atoms with Crippen molar-refractivity contribution in [3.63, 3.8) is 0 Å². The SMILES string of the molecule is CCC(CC)N(CCO)c1ccccn1. The largest absolute Gasteiger partial charge is 0.395 e. The molecule has 3 nitrogen and oxygen atoms in total. The van der Waals surface area contributed by atoms with Crippen LogP contribution in [0.25, 0.3) is 0 Å². The zero-order chi connectivity index (χ0) is 11.1. The smallest absolute Gasteiger partial charge is 0.128 e. The van der Waals surface area contributed by atoms with Gasteiger partial charge in [0.15, 0.2) is 0 Å². The first kappa shape index (κ1) is 12.0. The van der Waals surface area contributed by atoms with Crippen LogP contribution in [0.1, 0.15) is 26.7 Å². The molecule has 1 rings (SSSR count). The van der Waals surface area contributed by atoms with Gasteiger partial charge in [0.05, 0.1) is 6.61 Å². The molecule has 1 aromatic rings. The topological polar surface area (TPSA) is 36.4 Å². The first-order valence-corrected chi connectivity index (χ1v) is 5.62. The molecule has 0 radical (unpaired) electrons. The van der Waals surface area contributed by atoms with E-state index in [9.17, 15) is 0 Å². The van der Waals surface area contributed by atoms with E-state index in [2.05, 4.69) is 23.7 Å². The number of rotatable bonds is 6. The summed E-state index contributed by atoms with van der Waals surface area (Å²) in [4.78, 5) is 6.51. The molecular weight excluding hydrogens is 188 g/mol. The molecule has 0 atom stereocenters. The molecule has 15 heavy (non-hydrogen) atoms. The maximum Gasteiger partial charge on any atom is 0.128 e. The molecule has 3 heteroatoms. The van der Waals surface area contributed by atoms with E-state index in [-0.39, 0.29) is 6.61 Å². The molecule has 0 saturated heterocycles. The van der Waals surface area contributed by atoms with Gasteiger partial charge in [0, 0.05) is 18.8 Å². The summed E-state index contributed by atoms with van der Waals surface area (Å²) in [5, 5.41) is 9.07. The van der Waals surface area contributed by atoms with Crippen molar-refractivity contribution in [3.05, 3.63) is 24.4 Å². The van der Waals surface area contributed by atoms with Crippen LogP contribution in [0.3, 0.4) is 0 Å². The Kier molecular flexibility index (Phi) is 5.12. The number of aliphatic hydroxyl groups is 1. The van der Waals surface area contributed by atoms with Crippen molar-refractivity contribution in [1.82, 2.24) is 4.98 Å². The van der Waals surface area contributed by atoms with Crippen LogP contribution in [-0.4, -0.2) is 29.3 Å². The monoisotopic (exact) mass is 208 g/mol. The standard InChI is InChI=1S/C12H20N2O/c1-3-11(4-2)14(9-10-15)12-7-5-6-8-13-12/h5-8,11,15H,3-4,9-10H2,1-2H3. The molecule has 1 aromatic heterocycles. The molecule has 0 spiro atoms. The quantitative estimate of drug-likeness (QED) is 0.777. The highest BCUT2D eigenvalue weighted by Gasteiger charge is 2.15. The molecule has 0 saturated carbocycles. The predicted molar refractivity (Wildman–Crippen MR) is 63.0 cm³/mol. The number of anilines is 1. The van der Waals surface area contributed by atoms with Crippen molar-refractivity contribution >= 4 is 5.82 Å². The van der Waals surface area contributed by atoms with E-state index in [0.717, 1.165) is 18.7 Å². The lowest BCUT2D eigenvalue weighted by Gasteiger charge is -2.30. The number of aliphatic hydroxyl groups excluding tert-OH is 1. The fraction of sp³-hybridized carbons (Fsp3) is 0.583. The second kappa shape index (κ2) is 6.40. The lowest BCUT2D eigenvalue weighted by molar-refractivity contribution is 0.295. The van der Waals surface area contributed by atoms with Crippen molar-refractivity contribution in [2.75, 3.05) is 18.1 Å². The zero-order valence-corrected chi connectivity index (χ0v) is 9.56. The Morgan fingerprint density at radius 1 is 1.33 bits per heavy atom. The number of pyridine rings is 1. The summed E-state index contributed by atoms with van der Waals surface area (Å²) in [6.07, 6.45) is 3.95. The number of hydrogen-bond acceptors (Lipinski definition) is 3. The Labute approximate surface area is 91.8 Å². The average molecular weight is 208 g/mol. The number of nitrogens with zero attached hydrogens (tertiary/aromatic N) is 2. The van der Waals surface area contributed by atoms with Gasteiger partial charge in [-0.15, -0.1) is 0 Å². The van der Waals surface area contributed by atoms with E-state index >= 15 is 0 Å². The molecule has 0 aliphatic carbocycles. The third-order valence-electron chi connectivity index (χ3n) is 2.67. The molecule has 0 unspecified atom stereocenters. The third kappa shape index (κ3) is 3.20. The predicted octanol–water partition coefficient (Wildman–Crippen LogP) is 2.07. The highest BCUT2D eigenvalue weighted by Crippen LogP contribution is 2.16. The second-order valence-electron chi connectivity index (χ2n) is 3.58. The normalized spacial score (nSPS) is 10.7. The van der Waals surface area contributed by atoms with Gasteiger partial charge in [0.25, 0.3) is 0 Å². The molecule has 0 aliphatic rings. The van der Waals surface area contributed by atoms with Gasteiger partial charge in [0.1, 0.15) is 5.82 Å². The summed E-state index contributed by atoms with van der Waals surface area (Å²) >= 11 is 0. The molecule has 0 aromatic carbocycles. The molecule has 0 aliphatic heterocycles. The fourth-order valence-electron chi connectivity index (χ4n) is 1.85. The highest BCUT2D eigenvalue weighted by atomic mass is 16.3. The van der Waals surface area contributed by atoms with Crippen LogP contribution >= 0.6 is 0 Å². The van der Waals surface area contributed by atoms with Crippen LogP contribution in [0.2, 0.25) is 0 Å². The maximum atomic E-state index is 9.07. The number of aromatic nitrogens is 1. The summed E-state index contributed by atoms with van der Waals surface area (Å²) in [6, 6.07) is 6.35. The minimum absolute atomic E-state index is 0.174. The van der Waals surface area contributed by atoms with Crippen molar-refractivity contribution in [2.24, 2.45) is 0 Å². The lowest BCUT2D eigenvalue weighted by Crippen LogP contribution is -2.37. The Balaban J connectivity index is 2.81. The summed E-state index contributed by atoms with van der Waals surface area (Å²) in [6.45, 7) is 5.17. The van der Waals surface area contributed by atoms with Gasteiger partial charge < -0.3 is 10.0 Å². The summed E-state index contributed by atoms with van der Waals surface area (Å²) in [5.74, 6) is 0.959. The van der Waals surface area contributed by atoms with E-state index in [1.54, 1.807) is 6.20 Å². The van der Waals surface area contributed by atoms with Gasteiger partial charge in [-0.25, -0.2) is 4.98 Å². The molecule has 84 valence electrons. The molecule has 0 amide bonds. The minimum Gasteiger partial charge on any atom is -0.395 e. The summed E-state index contributed by atoms with van der Waals surface area (Å²) in [5.41, 5.74) is 0. The minimum atomic E-state index is 0.174.